The third-order valence-electron chi connectivity index (χ3n) is 3.76. The van der Waals surface area contributed by atoms with E-state index in [2.05, 4.69) is 0 Å². The quantitative estimate of drug-likeness (QED) is 0.617. The van der Waals surface area contributed by atoms with Crippen molar-refractivity contribution >= 4 is 11.9 Å². The highest BCUT2D eigenvalue weighted by atomic mass is 16.5. The summed E-state index contributed by atoms with van der Waals surface area (Å²) in [5.74, 6) is -0.0137. The van der Waals surface area contributed by atoms with Crippen LogP contribution in [-0.2, 0) is 20.7 Å². The van der Waals surface area contributed by atoms with E-state index in [1.807, 2.05) is 6.07 Å². The van der Waals surface area contributed by atoms with Crippen molar-refractivity contribution in [3.05, 3.63) is 29.8 Å². The third-order valence-corrected chi connectivity index (χ3v) is 3.76. The molecule has 4 heteroatoms. The Morgan fingerprint density at radius 3 is 2.57 bits per heavy atom. The normalized spacial score (nSPS) is 15.5. The minimum Gasteiger partial charge on any atom is -0.466 e. The lowest BCUT2D eigenvalue weighted by Gasteiger charge is -2.20. The molecule has 1 fully saturated rings. The van der Waals surface area contributed by atoms with Crippen LogP contribution in [0.3, 0.4) is 0 Å². The van der Waals surface area contributed by atoms with Crippen LogP contribution in [0, 0.1) is 5.92 Å². The van der Waals surface area contributed by atoms with E-state index in [0.29, 0.717) is 17.9 Å². The first kappa shape index (κ1) is 15.5. The minimum atomic E-state index is -0.307. The van der Waals surface area contributed by atoms with Gasteiger partial charge < -0.3 is 9.47 Å². The molecule has 0 aromatic heterocycles. The Labute approximate surface area is 125 Å². The Hall–Kier alpha value is -1.84. The Morgan fingerprint density at radius 1 is 1.14 bits per heavy atom. The number of rotatable bonds is 5. The van der Waals surface area contributed by atoms with Crippen molar-refractivity contribution in [1.29, 1.82) is 0 Å². The second kappa shape index (κ2) is 7.81. The van der Waals surface area contributed by atoms with Crippen molar-refractivity contribution in [3.8, 4) is 5.75 Å². The van der Waals surface area contributed by atoms with Crippen LogP contribution < -0.4 is 4.74 Å². The van der Waals surface area contributed by atoms with E-state index in [0.717, 1.165) is 25.7 Å². The molecule has 1 aliphatic carbocycles. The summed E-state index contributed by atoms with van der Waals surface area (Å²) in [5, 5.41) is 0. The minimum absolute atomic E-state index is 0.00519. The molecule has 114 valence electrons. The average molecular weight is 290 g/mol. The molecule has 1 aliphatic rings. The molecule has 0 atom stereocenters. The molecule has 0 aliphatic heterocycles. The maximum atomic E-state index is 12.2. The molecule has 0 N–H and O–H groups in total. The van der Waals surface area contributed by atoms with Crippen LogP contribution in [0.5, 0.6) is 5.75 Å². The maximum Gasteiger partial charge on any atom is 0.314 e. The molecular weight excluding hydrogens is 268 g/mol. The molecule has 4 nitrogen and oxygen atoms in total. The molecule has 0 spiro atoms. The number of carbonyl (C=O) groups excluding carboxylic acids is 2. The Morgan fingerprint density at radius 2 is 1.86 bits per heavy atom. The predicted molar refractivity (Wildman–Crippen MR) is 79.0 cm³/mol. The van der Waals surface area contributed by atoms with E-state index in [1.165, 1.54) is 6.42 Å². The second-order valence-corrected chi connectivity index (χ2v) is 5.35. The van der Waals surface area contributed by atoms with Crippen LogP contribution in [0.1, 0.15) is 44.6 Å². The molecule has 2 rings (SSSR count). The van der Waals surface area contributed by atoms with Crippen molar-refractivity contribution in [2.24, 2.45) is 5.92 Å². The number of benzene rings is 1. The van der Waals surface area contributed by atoms with Crippen molar-refractivity contribution in [2.75, 3.05) is 6.61 Å². The van der Waals surface area contributed by atoms with Crippen LogP contribution in [0.25, 0.3) is 0 Å². The van der Waals surface area contributed by atoms with Crippen LogP contribution in [-0.4, -0.2) is 18.5 Å². The molecular formula is C17H22O4. The molecule has 0 bridgehead atoms. The van der Waals surface area contributed by atoms with Crippen LogP contribution >= 0.6 is 0 Å². The summed E-state index contributed by atoms with van der Waals surface area (Å²) in [6, 6.07) is 7.15. The number of hydrogen-bond donors (Lipinski definition) is 0. The van der Waals surface area contributed by atoms with Gasteiger partial charge in [-0.15, -0.1) is 0 Å². The third kappa shape index (κ3) is 4.59. The first-order valence-corrected chi connectivity index (χ1v) is 7.66. The van der Waals surface area contributed by atoms with Gasteiger partial charge in [0.25, 0.3) is 0 Å². The van der Waals surface area contributed by atoms with E-state index in [1.54, 1.807) is 25.1 Å². The van der Waals surface area contributed by atoms with Gasteiger partial charge >= 0.3 is 11.9 Å². The van der Waals surface area contributed by atoms with Crippen molar-refractivity contribution in [1.82, 2.24) is 0 Å². The smallest absolute Gasteiger partial charge is 0.314 e. The zero-order valence-corrected chi connectivity index (χ0v) is 12.5. The largest absolute Gasteiger partial charge is 0.466 e. The van der Waals surface area contributed by atoms with Gasteiger partial charge in [-0.05, 0) is 25.8 Å². The van der Waals surface area contributed by atoms with Crippen molar-refractivity contribution in [2.45, 2.75) is 45.4 Å². The van der Waals surface area contributed by atoms with E-state index >= 15 is 0 Å². The van der Waals surface area contributed by atoms with Gasteiger partial charge in [0.15, 0.2) is 0 Å². The van der Waals surface area contributed by atoms with Gasteiger partial charge in [0.2, 0.25) is 0 Å². The molecule has 21 heavy (non-hydrogen) atoms. The summed E-state index contributed by atoms with van der Waals surface area (Å²) in [4.78, 5) is 23.8. The summed E-state index contributed by atoms with van der Waals surface area (Å²) in [6.07, 6.45) is 5.30. The average Bonchev–Trinajstić information content (AvgIpc) is 2.50. The fraction of sp³-hybridized carbons (Fsp3) is 0.529. The Kier molecular flexibility index (Phi) is 5.78. The lowest BCUT2D eigenvalue weighted by molar-refractivity contribution is -0.143. The summed E-state index contributed by atoms with van der Waals surface area (Å²) < 4.78 is 10.5. The molecule has 1 aromatic rings. The van der Waals surface area contributed by atoms with Crippen LogP contribution in [0.2, 0.25) is 0 Å². The topological polar surface area (TPSA) is 52.6 Å². The highest BCUT2D eigenvalue weighted by molar-refractivity contribution is 5.77. The number of esters is 2. The van der Waals surface area contributed by atoms with E-state index in [4.69, 9.17) is 9.47 Å². The van der Waals surface area contributed by atoms with E-state index in [-0.39, 0.29) is 24.3 Å². The molecule has 0 radical (unpaired) electrons. The van der Waals surface area contributed by atoms with Gasteiger partial charge in [0.05, 0.1) is 18.9 Å². The lowest BCUT2D eigenvalue weighted by atomic mass is 9.89. The number of para-hydroxylation sites is 1. The van der Waals surface area contributed by atoms with Gasteiger partial charge in [-0.2, -0.15) is 0 Å². The first-order chi connectivity index (χ1) is 10.2. The van der Waals surface area contributed by atoms with E-state index in [9.17, 15) is 9.59 Å². The SMILES string of the molecule is CCOC(=O)Cc1ccccc1OC(=O)C1CCCCC1. The molecule has 0 saturated heterocycles. The van der Waals surface area contributed by atoms with Gasteiger partial charge in [0.1, 0.15) is 5.75 Å². The number of carbonyl (C=O) groups is 2. The summed E-state index contributed by atoms with van der Waals surface area (Å²) in [5.41, 5.74) is 0.695. The fourth-order valence-corrected chi connectivity index (χ4v) is 2.65. The zero-order valence-electron chi connectivity index (χ0n) is 12.5. The van der Waals surface area contributed by atoms with Crippen LogP contribution in [0.15, 0.2) is 24.3 Å². The summed E-state index contributed by atoms with van der Waals surface area (Å²) in [7, 11) is 0. The van der Waals surface area contributed by atoms with Gasteiger partial charge in [0, 0.05) is 5.56 Å². The monoisotopic (exact) mass is 290 g/mol. The van der Waals surface area contributed by atoms with Crippen molar-refractivity contribution in [3.63, 3.8) is 0 Å². The number of ether oxygens (including phenoxy) is 2. The highest BCUT2D eigenvalue weighted by Crippen LogP contribution is 2.27. The lowest BCUT2D eigenvalue weighted by Crippen LogP contribution is -2.23. The standard InChI is InChI=1S/C17H22O4/c1-2-20-16(18)12-14-10-6-7-11-15(14)21-17(19)13-8-4-3-5-9-13/h6-7,10-11,13H,2-5,8-9,12H2,1H3. The maximum absolute atomic E-state index is 12.2. The van der Waals surface area contributed by atoms with Gasteiger partial charge in [-0.1, -0.05) is 37.5 Å². The zero-order chi connectivity index (χ0) is 15.1. The second-order valence-electron chi connectivity index (χ2n) is 5.35. The highest BCUT2D eigenvalue weighted by Gasteiger charge is 2.23. The van der Waals surface area contributed by atoms with Crippen LogP contribution in [0.4, 0.5) is 0 Å². The molecule has 1 aromatic carbocycles. The van der Waals surface area contributed by atoms with Crippen molar-refractivity contribution < 1.29 is 19.1 Å². The first-order valence-electron chi connectivity index (χ1n) is 7.66. The predicted octanol–water partition coefficient (Wildman–Crippen LogP) is 3.28. The summed E-state index contributed by atoms with van der Waals surface area (Å²) in [6.45, 7) is 2.12. The Balaban J connectivity index is 2.01. The molecule has 1 saturated carbocycles. The number of hydrogen-bond acceptors (Lipinski definition) is 4. The van der Waals surface area contributed by atoms with Gasteiger partial charge in [-0.25, -0.2) is 0 Å². The van der Waals surface area contributed by atoms with E-state index < -0.39 is 0 Å². The van der Waals surface area contributed by atoms with Gasteiger partial charge in [-0.3, -0.25) is 9.59 Å². The fourth-order valence-electron chi connectivity index (χ4n) is 2.65. The molecule has 0 heterocycles. The Bertz CT molecular complexity index is 489. The molecule has 0 amide bonds. The summed E-state index contributed by atoms with van der Waals surface area (Å²) >= 11 is 0. The molecule has 0 unspecified atom stereocenters.